The van der Waals surface area contributed by atoms with Crippen molar-refractivity contribution in [2.45, 2.75) is 38.8 Å². The molecule has 19 heavy (non-hydrogen) atoms. The van der Waals surface area contributed by atoms with Crippen molar-refractivity contribution in [3.63, 3.8) is 0 Å². The molecule has 2 rings (SSSR count). The number of benzene rings is 1. The van der Waals surface area contributed by atoms with Crippen LogP contribution in [0.4, 0.5) is 5.69 Å². The molecule has 3 heteroatoms. The summed E-state index contributed by atoms with van der Waals surface area (Å²) < 4.78 is 5.95. The quantitative estimate of drug-likeness (QED) is 0.799. The largest absolute Gasteiger partial charge is 0.484 e. The standard InChI is InChI=1S/C16H24N2O/c1-5-8-17-12(2)9-13-6-7-15-14(10-13)18-11-16(3,4)19-15/h5-7,10,12,17-18H,1,8-9,11H2,2-4H3. The lowest BCUT2D eigenvalue weighted by atomic mass is 10.0. The first-order valence-corrected chi connectivity index (χ1v) is 6.90. The second-order valence-corrected chi connectivity index (χ2v) is 5.85. The molecule has 0 spiro atoms. The van der Waals surface area contributed by atoms with Crippen molar-refractivity contribution in [2.24, 2.45) is 0 Å². The van der Waals surface area contributed by atoms with Crippen molar-refractivity contribution >= 4 is 5.69 Å². The van der Waals surface area contributed by atoms with Gasteiger partial charge in [0.05, 0.1) is 12.2 Å². The minimum Gasteiger partial charge on any atom is -0.484 e. The molecule has 104 valence electrons. The third-order valence-electron chi connectivity index (χ3n) is 3.29. The second kappa shape index (κ2) is 5.66. The predicted molar refractivity (Wildman–Crippen MR) is 81.0 cm³/mol. The van der Waals surface area contributed by atoms with Gasteiger partial charge in [0.2, 0.25) is 0 Å². The molecule has 1 aliphatic rings. The van der Waals surface area contributed by atoms with Crippen LogP contribution in [0, 0.1) is 0 Å². The maximum Gasteiger partial charge on any atom is 0.143 e. The summed E-state index contributed by atoms with van der Waals surface area (Å²) in [5.41, 5.74) is 2.29. The molecule has 0 radical (unpaired) electrons. The summed E-state index contributed by atoms with van der Waals surface area (Å²) in [4.78, 5) is 0. The van der Waals surface area contributed by atoms with Crippen LogP contribution in [0.2, 0.25) is 0 Å². The molecule has 0 saturated heterocycles. The molecule has 0 saturated carbocycles. The van der Waals surface area contributed by atoms with Crippen molar-refractivity contribution in [3.05, 3.63) is 36.4 Å². The van der Waals surface area contributed by atoms with E-state index in [1.807, 2.05) is 6.08 Å². The van der Waals surface area contributed by atoms with Gasteiger partial charge in [0, 0.05) is 12.6 Å². The van der Waals surface area contributed by atoms with Crippen molar-refractivity contribution in [1.82, 2.24) is 5.32 Å². The van der Waals surface area contributed by atoms with Gasteiger partial charge in [0.15, 0.2) is 0 Å². The Morgan fingerprint density at radius 2 is 2.32 bits per heavy atom. The highest BCUT2D eigenvalue weighted by Crippen LogP contribution is 2.33. The Balaban J connectivity index is 2.03. The van der Waals surface area contributed by atoms with E-state index in [4.69, 9.17) is 4.74 Å². The van der Waals surface area contributed by atoms with Crippen LogP contribution in [0.15, 0.2) is 30.9 Å². The fourth-order valence-corrected chi connectivity index (χ4v) is 2.28. The third-order valence-corrected chi connectivity index (χ3v) is 3.29. The normalized spacial score (nSPS) is 17.8. The molecule has 1 aliphatic heterocycles. The van der Waals surface area contributed by atoms with E-state index in [-0.39, 0.29) is 5.60 Å². The number of hydrogen-bond acceptors (Lipinski definition) is 3. The summed E-state index contributed by atoms with van der Waals surface area (Å²) in [5, 5.41) is 6.85. The Bertz CT molecular complexity index is 454. The molecule has 0 bridgehead atoms. The van der Waals surface area contributed by atoms with Gasteiger partial charge in [-0.15, -0.1) is 6.58 Å². The van der Waals surface area contributed by atoms with Crippen molar-refractivity contribution in [2.75, 3.05) is 18.4 Å². The molecule has 1 aromatic rings. The Kier molecular flexibility index (Phi) is 4.15. The van der Waals surface area contributed by atoms with Gasteiger partial charge in [-0.3, -0.25) is 0 Å². The molecule has 0 amide bonds. The Morgan fingerprint density at radius 1 is 1.53 bits per heavy atom. The van der Waals surface area contributed by atoms with Crippen LogP contribution in [-0.2, 0) is 6.42 Å². The fraction of sp³-hybridized carbons (Fsp3) is 0.500. The molecular weight excluding hydrogens is 236 g/mol. The lowest BCUT2D eigenvalue weighted by Gasteiger charge is -2.33. The molecule has 1 heterocycles. The number of ether oxygens (including phenoxy) is 1. The van der Waals surface area contributed by atoms with E-state index in [2.05, 4.69) is 56.2 Å². The average Bonchev–Trinajstić information content (AvgIpc) is 2.36. The Labute approximate surface area is 116 Å². The number of hydrogen-bond donors (Lipinski definition) is 2. The zero-order valence-electron chi connectivity index (χ0n) is 12.1. The Morgan fingerprint density at radius 3 is 3.05 bits per heavy atom. The van der Waals surface area contributed by atoms with Crippen LogP contribution in [0.1, 0.15) is 26.3 Å². The minimum atomic E-state index is -0.132. The van der Waals surface area contributed by atoms with Crippen LogP contribution < -0.4 is 15.4 Å². The second-order valence-electron chi connectivity index (χ2n) is 5.85. The van der Waals surface area contributed by atoms with Gasteiger partial charge in [0.25, 0.3) is 0 Å². The molecule has 1 aromatic carbocycles. The maximum absolute atomic E-state index is 5.95. The lowest BCUT2D eigenvalue weighted by Crippen LogP contribution is -2.40. The first-order chi connectivity index (χ1) is 9.00. The highest BCUT2D eigenvalue weighted by Gasteiger charge is 2.26. The molecule has 3 nitrogen and oxygen atoms in total. The van der Waals surface area contributed by atoms with Gasteiger partial charge in [0.1, 0.15) is 11.4 Å². The van der Waals surface area contributed by atoms with Gasteiger partial charge in [-0.05, 0) is 44.9 Å². The first kappa shape index (κ1) is 13.9. The molecule has 1 atom stereocenters. The van der Waals surface area contributed by atoms with Crippen molar-refractivity contribution in [1.29, 1.82) is 0 Å². The van der Waals surface area contributed by atoms with Crippen LogP contribution in [-0.4, -0.2) is 24.7 Å². The van der Waals surface area contributed by atoms with Gasteiger partial charge >= 0.3 is 0 Å². The first-order valence-electron chi connectivity index (χ1n) is 6.90. The number of rotatable bonds is 5. The third kappa shape index (κ3) is 3.74. The molecule has 0 aromatic heterocycles. The van der Waals surface area contributed by atoms with Gasteiger partial charge in [-0.2, -0.15) is 0 Å². The summed E-state index contributed by atoms with van der Waals surface area (Å²) in [6, 6.07) is 6.85. The summed E-state index contributed by atoms with van der Waals surface area (Å²) in [6.45, 7) is 11.8. The lowest BCUT2D eigenvalue weighted by molar-refractivity contribution is 0.116. The van der Waals surface area contributed by atoms with E-state index < -0.39 is 0 Å². The highest BCUT2D eigenvalue weighted by atomic mass is 16.5. The number of nitrogens with one attached hydrogen (secondary N) is 2. The van der Waals surface area contributed by atoms with Gasteiger partial charge in [-0.1, -0.05) is 12.1 Å². The molecular formula is C16H24N2O. The minimum absolute atomic E-state index is 0.132. The van der Waals surface area contributed by atoms with E-state index >= 15 is 0 Å². The molecule has 0 fully saturated rings. The molecule has 0 aliphatic carbocycles. The van der Waals surface area contributed by atoms with E-state index in [1.54, 1.807) is 0 Å². The average molecular weight is 260 g/mol. The fourth-order valence-electron chi connectivity index (χ4n) is 2.28. The summed E-state index contributed by atoms with van der Waals surface area (Å²) in [5.74, 6) is 0.951. The van der Waals surface area contributed by atoms with Crippen LogP contribution in [0.3, 0.4) is 0 Å². The summed E-state index contributed by atoms with van der Waals surface area (Å²) >= 11 is 0. The SMILES string of the molecule is C=CCNC(C)Cc1ccc2c(c1)NCC(C)(C)O2. The monoisotopic (exact) mass is 260 g/mol. The highest BCUT2D eigenvalue weighted by molar-refractivity contribution is 5.60. The van der Waals surface area contributed by atoms with E-state index in [0.29, 0.717) is 6.04 Å². The van der Waals surface area contributed by atoms with Crippen molar-refractivity contribution in [3.8, 4) is 5.75 Å². The zero-order valence-corrected chi connectivity index (χ0v) is 12.1. The van der Waals surface area contributed by atoms with Crippen LogP contribution in [0.5, 0.6) is 5.75 Å². The molecule has 2 N–H and O–H groups in total. The van der Waals surface area contributed by atoms with Gasteiger partial charge < -0.3 is 15.4 Å². The van der Waals surface area contributed by atoms with E-state index in [0.717, 1.165) is 30.9 Å². The number of anilines is 1. The summed E-state index contributed by atoms with van der Waals surface area (Å²) in [7, 11) is 0. The van der Waals surface area contributed by atoms with E-state index in [9.17, 15) is 0 Å². The number of fused-ring (bicyclic) bond motifs is 1. The zero-order chi connectivity index (χ0) is 13.9. The maximum atomic E-state index is 5.95. The molecule has 1 unspecified atom stereocenters. The predicted octanol–water partition coefficient (Wildman–Crippen LogP) is 2.98. The van der Waals surface area contributed by atoms with Crippen LogP contribution in [0.25, 0.3) is 0 Å². The smallest absolute Gasteiger partial charge is 0.143 e. The van der Waals surface area contributed by atoms with Crippen molar-refractivity contribution < 1.29 is 4.74 Å². The Hall–Kier alpha value is -1.48. The van der Waals surface area contributed by atoms with Gasteiger partial charge in [-0.25, -0.2) is 0 Å². The summed E-state index contributed by atoms with van der Waals surface area (Å²) in [6.07, 6.45) is 2.90. The van der Waals surface area contributed by atoms with E-state index in [1.165, 1.54) is 5.56 Å². The van der Waals surface area contributed by atoms with Crippen LogP contribution >= 0.6 is 0 Å². The topological polar surface area (TPSA) is 33.3 Å².